The van der Waals surface area contributed by atoms with E-state index in [1.807, 2.05) is 24.3 Å². The molecule has 0 heterocycles. The number of aliphatic hydroxyl groups excluding tert-OH is 1. The van der Waals surface area contributed by atoms with Crippen LogP contribution in [0.1, 0.15) is 5.56 Å². The molecular formula is C11H10O2. The first kappa shape index (κ1) is 8.08. The smallest absolute Gasteiger partial charge is 0.116 e. The Morgan fingerprint density at radius 3 is 2.69 bits per heavy atom. The van der Waals surface area contributed by atoms with Crippen LogP contribution >= 0.6 is 0 Å². The number of benzene rings is 2. The van der Waals surface area contributed by atoms with E-state index in [4.69, 9.17) is 5.11 Å². The molecule has 0 radical (unpaired) electrons. The summed E-state index contributed by atoms with van der Waals surface area (Å²) in [5.41, 5.74) is 0.887. The van der Waals surface area contributed by atoms with E-state index < -0.39 is 0 Å². The average molecular weight is 174 g/mol. The Kier molecular flexibility index (Phi) is 1.91. The molecule has 0 aliphatic carbocycles. The number of hydrogen-bond acceptors (Lipinski definition) is 2. The van der Waals surface area contributed by atoms with Crippen LogP contribution in [-0.4, -0.2) is 10.2 Å². The van der Waals surface area contributed by atoms with Crippen LogP contribution in [0.3, 0.4) is 0 Å². The van der Waals surface area contributed by atoms with Crippen LogP contribution in [0.15, 0.2) is 36.4 Å². The minimum atomic E-state index is 0.0299. The second kappa shape index (κ2) is 3.07. The van der Waals surface area contributed by atoms with Gasteiger partial charge in [-0.3, -0.25) is 0 Å². The molecule has 0 atom stereocenters. The van der Waals surface area contributed by atoms with Crippen LogP contribution < -0.4 is 0 Å². The molecule has 0 bridgehead atoms. The van der Waals surface area contributed by atoms with Crippen molar-refractivity contribution in [1.82, 2.24) is 0 Å². The van der Waals surface area contributed by atoms with Gasteiger partial charge < -0.3 is 10.2 Å². The van der Waals surface area contributed by atoms with Gasteiger partial charge in [0.05, 0.1) is 6.61 Å². The summed E-state index contributed by atoms with van der Waals surface area (Å²) >= 11 is 0. The fraction of sp³-hybridized carbons (Fsp3) is 0.0909. The molecule has 0 unspecified atom stereocenters. The highest BCUT2D eigenvalue weighted by Crippen LogP contribution is 2.22. The summed E-state index contributed by atoms with van der Waals surface area (Å²) in [5, 5.41) is 20.2. The number of phenolic OH excluding ortho intramolecular Hbond substituents is 1. The summed E-state index contributed by atoms with van der Waals surface area (Å²) in [4.78, 5) is 0. The van der Waals surface area contributed by atoms with Gasteiger partial charge in [0, 0.05) is 0 Å². The Hall–Kier alpha value is -1.54. The Labute approximate surface area is 76.1 Å². The van der Waals surface area contributed by atoms with Crippen LogP contribution in [0.5, 0.6) is 5.75 Å². The predicted molar refractivity (Wildman–Crippen MR) is 51.5 cm³/mol. The maximum Gasteiger partial charge on any atom is 0.116 e. The molecule has 2 aromatic carbocycles. The summed E-state index contributed by atoms with van der Waals surface area (Å²) in [7, 11) is 0. The van der Waals surface area contributed by atoms with Crippen LogP contribution in [0, 0.1) is 0 Å². The van der Waals surface area contributed by atoms with Gasteiger partial charge in [-0.2, -0.15) is 0 Å². The van der Waals surface area contributed by atoms with Gasteiger partial charge in [-0.1, -0.05) is 24.3 Å². The van der Waals surface area contributed by atoms with E-state index in [0.29, 0.717) is 0 Å². The molecule has 0 aliphatic rings. The van der Waals surface area contributed by atoms with Crippen molar-refractivity contribution in [2.75, 3.05) is 0 Å². The Morgan fingerprint density at radius 2 is 1.92 bits per heavy atom. The lowest BCUT2D eigenvalue weighted by Gasteiger charge is -2.03. The largest absolute Gasteiger partial charge is 0.508 e. The first-order valence-corrected chi connectivity index (χ1v) is 4.13. The molecule has 2 aromatic rings. The van der Waals surface area contributed by atoms with Gasteiger partial charge in [-0.05, 0) is 28.5 Å². The number of fused-ring (bicyclic) bond motifs is 1. The monoisotopic (exact) mass is 174 g/mol. The molecule has 0 amide bonds. The van der Waals surface area contributed by atoms with E-state index in [9.17, 15) is 5.11 Å². The maximum absolute atomic E-state index is 9.23. The summed E-state index contributed by atoms with van der Waals surface area (Å²) in [5.74, 6) is 0.252. The van der Waals surface area contributed by atoms with Gasteiger partial charge in [0.1, 0.15) is 5.75 Å². The molecule has 2 heteroatoms. The van der Waals surface area contributed by atoms with Crippen molar-refractivity contribution in [3.8, 4) is 5.75 Å². The topological polar surface area (TPSA) is 40.5 Å². The molecule has 13 heavy (non-hydrogen) atoms. The normalized spacial score (nSPS) is 10.5. The lowest BCUT2D eigenvalue weighted by molar-refractivity contribution is 0.283. The quantitative estimate of drug-likeness (QED) is 0.694. The third kappa shape index (κ3) is 1.36. The van der Waals surface area contributed by atoms with E-state index >= 15 is 0 Å². The molecule has 66 valence electrons. The third-order valence-electron chi connectivity index (χ3n) is 2.12. The van der Waals surface area contributed by atoms with E-state index in [1.165, 1.54) is 0 Å². The van der Waals surface area contributed by atoms with Crippen molar-refractivity contribution in [2.24, 2.45) is 0 Å². The second-order valence-electron chi connectivity index (χ2n) is 2.98. The fourth-order valence-corrected chi connectivity index (χ4v) is 1.48. The maximum atomic E-state index is 9.23. The summed E-state index contributed by atoms with van der Waals surface area (Å²) in [6.07, 6.45) is 0. The molecule has 2 rings (SSSR count). The summed E-state index contributed by atoms with van der Waals surface area (Å²) < 4.78 is 0. The number of rotatable bonds is 1. The Bertz CT molecular complexity index is 435. The first-order chi connectivity index (χ1) is 6.31. The van der Waals surface area contributed by atoms with Gasteiger partial charge >= 0.3 is 0 Å². The molecule has 0 saturated heterocycles. The Balaban J connectivity index is 2.77. The molecule has 2 nitrogen and oxygen atoms in total. The van der Waals surface area contributed by atoms with Crippen LogP contribution in [0.4, 0.5) is 0 Å². The number of phenols is 1. The zero-order valence-corrected chi connectivity index (χ0v) is 7.07. The zero-order chi connectivity index (χ0) is 9.26. The number of hydrogen-bond donors (Lipinski definition) is 2. The van der Waals surface area contributed by atoms with Crippen LogP contribution in [0.25, 0.3) is 10.8 Å². The predicted octanol–water partition coefficient (Wildman–Crippen LogP) is 2.04. The molecular weight excluding hydrogens is 164 g/mol. The first-order valence-electron chi connectivity index (χ1n) is 4.13. The molecule has 0 aromatic heterocycles. The second-order valence-corrected chi connectivity index (χ2v) is 2.98. The standard InChI is InChI=1S/C11H10O2/c12-7-9-3-1-2-8-6-10(13)4-5-11(8)9/h1-6,12-13H,7H2. The van der Waals surface area contributed by atoms with Crippen molar-refractivity contribution < 1.29 is 10.2 Å². The van der Waals surface area contributed by atoms with Crippen molar-refractivity contribution in [3.05, 3.63) is 42.0 Å². The Morgan fingerprint density at radius 1 is 1.08 bits per heavy atom. The van der Waals surface area contributed by atoms with Crippen molar-refractivity contribution in [1.29, 1.82) is 0 Å². The van der Waals surface area contributed by atoms with Gasteiger partial charge in [-0.15, -0.1) is 0 Å². The molecule has 2 N–H and O–H groups in total. The molecule has 0 saturated carbocycles. The number of aromatic hydroxyl groups is 1. The van der Waals surface area contributed by atoms with Crippen molar-refractivity contribution >= 4 is 10.8 Å². The van der Waals surface area contributed by atoms with Gasteiger partial charge in [0.25, 0.3) is 0 Å². The summed E-state index contributed by atoms with van der Waals surface area (Å²) in [6, 6.07) is 10.8. The third-order valence-corrected chi connectivity index (χ3v) is 2.12. The van der Waals surface area contributed by atoms with Crippen LogP contribution in [0.2, 0.25) is 0 Å². The fourth-order valence-electron chi connectivity index (χ4n) is 1.48. The van der Waals surface area contributed by atoms with E-state index in [2.05, 4.69) is 0 Å². The molecule has 0 aliphatic heterocycles. The lowest BCUT2D eigenvalue weighted by atomic mass is 10.1. The van der Waals surface area contributed by atoms with Crippen molar-refractivity contribution in [2.45, 2.75) is 6.61 Å². The van der Waals surface area contributed by atoms with Gasteiger partial charge in [0.15, 0.2) is 0 Å². The van der Waals surface area contributed by atoms with Gasteiger partial charge in [-0.25, -0.2) is 0 Å². The van der Waals surface area contributed by atoms with Crippen molar-refractivity contribution in [3.63, 3.8) is 0 Å². The van der Waals surface area contributed by atoms with Crippen LogP contribution in [-0.2, 0) is 6.61 Å². The minimum Gasteiger partial charge on any atom is -0.508 e. The molecule has 0 fully saturated rings. The summed E-state index contributed by atoms with van der Waals surface area (Å²) in [6.45, 7) is 0.0299. The minimum absolute atomic E-state index is 0.0299. The zero-order valence-electron chi connectivity index (χ0n) is 7.07. The number of aliphatic hydroxyl groups is 1. The highest BCUT2D eigenvalue weighted by atomic mass is 16.3. The highest BCUT2D eigenvalue weighted by Gasteiger charge is 1.99. The average Bonchev–Trinajstić information content (AvgIpc) is 2.16. The van der Waals surface area contributed by atoms with E-state index in [-0.39, 0.29) is 12.4 Å². The SMILES string of the molecule is OCc1cccc2cc(O)ccc12. The lowest BCUT2D eigenvalue weighted by Crippen LogP contribution is -1.84. The van der Waals surface area contributed by atoms with Gasteiger partial charge in [0.2, 0.25) is 0 Å². The van der Waals surface area contributed by atoms with E-state index in [1.54, 1.807) is 12.1 Å². The molecule has 0 spiro atoms. The van der Waals surface area contributed by atoms with E-state index in [0.717, 1.165) is 16.3 Å². The highest BCUT2D eigenvalue weighted by molar-refractivity contribution is 5.86.